The van der Waals surface area contributed by atoms with Crippen LogP contribution in [0.25, 0.3) is 0 Å². The number of hydrogen-bond donors (Lipinski definition) is 2. The molecule has 0 spiro atoms. The minimum absolute atomic E-state index is 0.204. The summed E-state index contributed by atoms with van der Waals surface area (Å²) in [6.07, 6.45) is 5.58. The molecule has 0 aromatic heterocycles. The molecule has 110 valence electrons. The van der Waals surface area contributed by atoms with Crippen molar-refractivity contribution in [2.75, 3.05) is 11.9 Å². The van der Waals surface area contributed by atoms with Gasteiger partial charge in [-0.05, 0) is 38.1 Å². The van der Waals surface area contributed by atoms with E-state index in [1.165, 1.54) is 6.42 Å². The van der Waals surface area contributed by atoms with Crippen LogP contribution in [0.3, 0.4) is 0 Å². The second-order valence-corrected chi connectivity index (χ2v) is 5.80. The van der Waals surface area contributed by atoms with Crippen LogP contribution in [0.5, 0.6) is 0 Å². The molecule has 1 aliphatic heterocycles. The Morgan fingerprint density at radius 1 is 1.00 bits per heavy atom. The highest BCUT2D eigenvalue weighted by Gasteiger charge is 2.35. The van der Waals surface area contributed by atoms with Gasteiger partial charge in [-0.3, -0.25) is 0 Å². The molecule has 3 unspecified atom stereocenters. The lowest BCUT2D eigenvalue weighted by Gasteiger charge is -2.27. The predicted molar refractivity (Wildman–Crippen MR) is 72.1 cm³/mol. The lowest BCUT2D eigenvalue weighted by molar-refractivity contribution is 0.375. The summed E-state index contributed by atoms with van der Waals surface area (Å²) < 4.78 is 39.4. The Morgan fingerprint density at radius 2 is 1.75 bits per heavy atom. The van der Waals surface area contributed by atoms with Crippen molar-refractivity contribution in [1.82, 2.24) is 5.32 Å². The van der Waals surface area contributed by atoms with Gasteiger partial charge in [-0.1, -0.05) is 6.42 Å². The minimum atomic E-state index is -1.41. The molecule has 2 nitrogen and oxygen atoms in total. The Labute approximate surface area is 116 Å². The van der Waals surface area contributed by atoms with Crippen LogP contribution in [0.4, 0.5) is 18.9 Å². The van der Waals surface area contributed by atoms with Crippen molar-refractivity contribution in [3.63, 3.8) is 0 Å². The Balaban J connectivity index is 1.73. The van der Waals surface area contributed by atoms with E-state index in [0.717, 1.165) is 44.4 Å². The van der Waals surface area contributed by atoms with E-state index in [2.05, 4.69) is 10.6 Å². The number of nitrogens with one attached hydrogen (secondary N) is 2. The zero-order valence-electron chi connectivity index (χ0n) is 11.3. The molecule has 1 aromatic rings. The molecular formula is C15H19F3N2. The van der Waals surface area contributed by atoms with E-state index in [-0.39, 0.29) is 6.04 Å². The van der Waals surface area contributed by atoms with Crippen LogP contribution in [0.15, 0.2) is 12.1 Å². The minimum Gasteiger partial charge on any atom is -0.382 e. The van der Waals surface area contributed by atoms with Crippen LogP contribution in [0, 0.1) is 23.4 Å². The fourth-order valence-corrected chi connectivity index (χ4v) is 3.58. The monoisotopic (exact) mass is 284 g/mol. The van der Waals surface area contributed by atoms with Crippen molar-refractivity contribution in [2.24, 2.45) is 5.92 Å². The summed E-state index contributed by atoms with van der Waals surface area (Å²) in [5.74, 6) is -3.20. The number of anilines is 1. The molecule has 0 bridgehead atoms. The molecule has 5 heteroatoms. The Kier molecular flexibility index (Phi) is 3.87. The molecule has 1 aromatic carbocycles. The van der Waals surface area contributed by atoms with Crippen LogP contribution in [-0.4, -0.2) is 18.6 Å². The third-order valence-electron chi connectivity index (χ3n) is 4.52. The van der Waals surface area contributed by atoms with Gasteiger partial charge in [0.05, 0.1) is 0 Å². The average Bonchev–Trinajstić information content (AvgIpc) is 3.05. The zero-order chi connectivity index (χ0) is 14.1. The molecule has 20 heavy (non-hydrogen) atoms. The summed E-state index contributed by atoms with van der Waals surface area (Å²) in [5, 5.41) is 6.69. The summed E-state index contributed by atoms with van der Waals surface area (Å²) in [4.78, 5) is 0. The maximum Gasteiger partial charge on any atom is 0.194 e. The van der Waals surface area contributed by atoms with Gasteiger partial charge in [0.15, 0.2) is 17.5 Å². The van der Waals surface area contributed by atoms with Gasteiger partial charge in [0.1, 0.15) is 0 Å². The number of rotatable bonds is 3. The summed E-state index contributed by atoms with van der Waals surface area (Å²) in [6.45, 7) is 1.05. The van der Waals surface area contributed by atoms with Gasteiger partial charge in [-0.2, -0.15) is 0 Å². The van der Waals surface area contributed by atoms with Crippen LogP contribution >= 0.6 is 0 Å². The third-order valence-corrected chi connectivity index (χ3v) is 4.52. The topological polar surface area (TPSA) is 24.1 Å². The van der Waals surface area contributed by atoms with E-state index in [1.807, 2.05) is 0 Å². The molecule has 1 saturated heterocycles. The second-order valence-electron chi connectivity index (χ2n) is 5.80. The summed E-state index contributed by atoms with van der Waals surface area (Å²) in [7, 11) is 0. The summed E-state index contributed by atoms with van der Waals surface area (Å²) in [5.41, 5.74) is 0.330. The fraction of sp³-hybridized carbons (Fsp3) is 0.600. The molecule has 3 atom stereocenters. The molecule has 2 aliphatic rings. The first-order valence-electron chi connectivity index (χ1n) is 7.29. The molecule has 2 fully saturated rings. The Bertz CT molecular complexity index is 463. The van der Waals surface area contributed by atoms with Crippen molar-refractivity contribution in [1.29, 1.82) is 0 Å². The van der Waals surface area contributed by atoms with Crippen molar-refractivity contribution in [2.45, 2.75) is 44.2 Å². The van der Waals surface area contributed by atoms with E-state index in [9.17, 15) is 13.2 Å². The van der Waals surface area contributed by atoms with Crippen LogP contribution in [-0.2, 0) is 0 Å². The van der Waals surface area contributed by atoms with Gasteiger partial charge in [0.25, 0.3) is 0 Å². The highest BCUT2D eigenvalue weighted by molar-refractivity contribution is 5.45. The molecule has 1 saturated carbocycles. The van der Waals surface area contributed by atoms with Crippen molar-refractivity contribution in [3.05, 3.63) is 29.6 Å². The molecule has 2 N–H and O–H groups in total. The van der Waals surface area contributed by atoms with Gasteiger partial charge >= 0.3 is 0 Å². The van der Waals surface area contributed by atoms with E-state index in [1.54, 1.807) is 0 Å². The molecule has 1 heterocycles. The van der Waals surface area contributed by atoms with Gasteiger partial charge in [0.2, 0.25) is 0 Å². The van der Waals surface area contributed by atoms with Crippen molar-refractivity contribution >= 4 is 5.69 Å². The van der Waals surface area contributed by atoms with Gasteiger partial charge < -0.3 is 10.6 Å². The maximum absolute atomic E-state index is 13.2. The average molecular weight is 284 g/mol. The Morgan fingerprint density at radius 3 is 2.40 bits per heavy atom. The molecule has 1 aliphatic carbocycles. The van der Waals surface area contributed by atoms with Gasteiger partial charge in [0, 0.05) is 29.9 Å². The lowest BCUT2D eigenvalue weighted by Crippen LogP contribution is -2.38. The van der Waals surface area contributed by atoms with E-state index < -0.39 is 17.5 Å². The highest BCUT2D eigenvalue weighted by atomic mass is 19.2. The summed E-state index contributed by atoms with van der Waals surface area (Å²) >= 11 is 0. The molecule has 0 radical (unpaired) electrons. The maximum atomic E-state index is 13.2. The number of hydrogen-bond acceptors (Lipinski definition) is 2. The zero-order valence-corrected chi connectivity index (χ0v) is 11.3. The number of benzene rings is 1. The first kappa shape index (κ1) is 13.7. The van der Waals surface area contributed by atoms with Crippen LogP contribution in [0.2, 0.25) is 0 Å². The van der Waals surface area contributed by atoms with Gasteiger partial charge in [-0.15, -0.1) is 0 Å². The first-order chi connectivity index (χ1) is 9.65. The lowest BCUT2D eigenvalue weighted by atomic mass is 9.93. The van der Waals surface area contributed by atoms with Crippen molar-refractivity contribution < 1.29 is 13.2 Å². The highest BCUT2D eigenvalue weighted by Crippen LogP contribution is 2.34. The fourth-order valence-electron chi connectivity index (χ4n) is 3.58. The van der Waals surface area contributed by atoms with E-state index in [4.69, 9.17) is 0 Å². The SMILES string of the molecule is Fc1cc(NC2CCCC2C2CCCN2)cc(F)c1F. The Hall–Kier alpha value is -1.23. The molecular weight excluding hydrogens is 265 g/mol. The largest absolute Gasteiger partial charge is 0.382 e. The van der Waals surface area contributed by atoms with E-state index in [0.29, 0.717) is 17.6 Å². The van der Waals surface area contributed by atoms with Crippen LogP contribution < -0.4 is 10.6 Å². The second kappa shape index (κ2) is 5.64. The standard InChI is InChI=1S/C15H19F3N2/c16-11-7-9(8-12(17)15(11)18)20-14-4-1-3-10(14)13-5-2-6-19-13/h7-8,10,13-14,19-20H,1-6H2. The third kappa shape index (κ3) is 2.64. The smallest absolute Gasteiger partial charge is 0.194 e. The number of halogens is 3. The van der Waals surface area contributed by atoms with Crippen molar-refractivity contribution in [3.8, 4) is 0 Å². The molecule has 3 rings (SSSR count). The molecule has 0 amide bonds. The quantitative estimate of drug-likeness (QED) is 0.831. The predicted octanol–water partition coefficient (Wildman–Crippen LogP) is 3.44. The van der Waals surface area contributed by atoms with E-state index >= 15 is 0 Å². The summed E-state index contributed by atoms with van der Waals surface area (Å²) in [6, 6.07) is 2.77. The first-order valence-corrected chi connectivity index (χ1v) is 7.29. The van der Waals surface area contributed by atoms with Crippen LogP contribution in [0.1, 0.15) is 32.1 Å². The van der Waals surface area contributed by atoms with Gasteiger partial charge in [-0.25, -0.2) is 13.2 Å². The normalized spacial score (nSPS) is 29.9.